The Balaban J connectivity index is 1.75. The summed E-state index contributed by atoms with van der Waals surface area (Å²) >= 11 is 0. The van der Waals surface area contributed by atoms with Gasteiger partial charge in [0.2, 0.25) is 0 Å². The van der Waals surface area contributed by atoms with Gasteiger partial charge in [-0.15, -0.1) is 0 Å². The zero-order valence-corrected chi connectivity index (χ0v) is 11.0. The summed E-state index contributed by atoms with van der Waals surface area (Å²) in [5, 5.41) is 3.67. The molecule has 2 unspecified atom stereocenters. The van der Waals surface area contributed by atoms with E-state index in [-0.39, 0.29) is 0 Å². The number of nitrogens with one attached hydrogen (secondary N) is 1. The van der Waals surface area contributed by atoms with E-state index in [2.05, 4.69) is 24.1 Å². The highest BCUT2D eigenvalue weighted by molar-refractivity contribution is 4.85. The minimum Gasteiger partial charge on any atom is -0.314 e. The van der Waals surface area contributed by atoms with Gasteiger partial charge in [-0.25, -0.2) is 0 Å². The molecule has 1 aliphatic carbocycles. The van der Waals surface area contributed by atoms with Crippen molar-refractivity contribution in [3.8, 4) is 0 Å². The van der Waals surface area contributed by atoms with E-state index in [0.717, 1.165) is 24.4 Å². The lowest BCUT2D eigenvalue weighted by Gasteiger charge is -2.33. The predicted molar refractivity (Wildman–Crippen MR) is 69.6 cm³/mol. The van der Waals surface area contributed by atoms with Gasteiger partial charge in [-0.1, -0.05) is 20.3 Å². The lowest BCUT2D eigenvalue weighted by Crippen LogP contribution is -2.42. The number of piperidine rings is 1. The van der Waals surface area contributed by atoms with E-state index < -0.39 is 0 Å². The van der Waals surface area contributed by atoms with Crippen molar-refractivity contribution >= 4 is 0 Å². The van der Waals surface area contributed by atoms with Crippen LogP contribution in [0.25, 0.3) is 0 Å². The van der Waals surface area contributed by atoms with Crippen LogP contribution in [0.1, 0.15) is 46.0 Å². The van der Waals surface area contributed by atoms with Gasteiger partial charge >= 0.3 is 0 Å². The maximum Gasteiger partial charge on any atom is 0.0107 e. The van der Waals surface area contributed by atoms with Gasteiger partial charge in [-0.2, -0.15) is 0 Å². The van der Waals surface area contributed by atoms with Crippen molar-refractivity contribution in [1.29, 1.82) is 0 Å². The fraction of sp³-hybridized carbons (Fsp3) is 1.00. The van der Waals surface area contributed by atoms with E-state index in [9.17, 15) is 0 Å². The highest BCUT2D eigenvalue weighted by Gasteiger charge is 2.28. The van der Waals surface area contributed by atoms with Crippen LogP contribution in [0.15, 0.2) is 0 Å². The predicted octanol–water partition coefficient (Wildman–Crippen LogP) is 2.50. The van der Waals surface area contributed by atoms with Gasteiger partial charge < -0.3 is 10.2 Å². The summed E-state index contributed by atoms with van der Waals surface area (Å²) in [4.78, 5) is 2.71. The summed E-state index contributed by atoms with van der Waals surface area (Å²) in [5.74, 6) is 1.89. The summed E-state index contributed by atoms with van der Waals surface area (Å²) in [6, 6.07) is 0.810. The molecule has 2 nitrogen and oxygen atoms in total. The fourth-order valence-electron chi connectivity index (χ4n) is 3.36. The lowest BCUT2D eigenvalue weighted by molar-refractivity contribution is 0.158. The Morgan fingerprint density at radius 3 is 2.56 bits per heavy atom. The van der Waals surface area contributed by atoms with E-state index in [1.807, 2.05) is 0 Å². The van der Waals surface area contributed by atoms with Crippen LogP contribution in [-0.4, -0.2) is 37.1 Å². The summed E-state index contributed by atoms with van der Waals surface area (Å²) in [5.41, 5.74) is 0. The Bertz CT molecular complexity index is 197. The van der Waals surface area contributed by atoms with Gasteiger partial charge in [0.1, 0.15) is 0 Å². The third-order valence-electron chi connectivity index (χ3n) is 4.49. The van der Waals surface area contributed by atoms with Crippen LogP contribution in [0.2, 0.25) is 0 Å². The van der Waals surface area contributed by atoms with Crippen molar-refractivity contribution in [2.45, 2.75) is 52.0 Å². The lowest BCUT2D eigenvalue weighted by atomic mass is 9.96. The Morgan fingerprint density at radius 1 is 1.12 bits per heavy atom. The molecule has 2 fully saturated rings. The first-order valence-electron chi connectivity index (χ1n) is 7.25. The quantitative estimate of drug-likeness (QED) is 0.789. The van der Waals surface area contributed by atoms with Crippen molar-refractivity contribution in [1.82, 2.24) is 10.2 Å². The molecule has 2 rings (SSSR count). The molecule has 1 saturated carbocycles. The molecule has 16 heavy (non-hydrogen) atoms. The van der Waals surface area contributed by atoms with Crippen LogP contribution in [0, 0.1) is 11.8 Å². The number of likely N-dealkylation sites (tertiary alicyclic amines) is 1. The van der Waals surface area contributed by atoms with Crippen molar-refractivity contribution in [3.63, 3.8) is 0 Å². The Hall–Kier alpha value is -0.0800. The first kappa shape index (κ1) is 12.4. The average Bonchev–Trinajstić information content (AvgIpc) is 2.70. The highest BCUT2D eigenvalue weighted by Crippen LogP contribution is 2.28. The van der Waals surface area contributed by atoms with Gasteiger partial charge in [-0.05, 0) is 57.2 Å². The second-order valence-electron chi connectivity index (χ2n) is 5.84. The molecule has 1 heterocycles. The van der Waals surface area contributed by atoms with Crippen LogP contribution in [0.5, 0.6) is 0 Å². The van der Waals surface area contributed by atoms with E-state index in [4.69, 9.17) is 0 Å². The summed E-state index contributed by atoms with van der Waals surface area (Å²) in [6.07, 6.45) is 7.12. The number of hydrogen-bond acceptors (Lipinski definition) is 2. The van der Waals surface area contributed by atoms with Gasteiger partial charge in [0.25, 0.3) is 0 Å². The molecule has 2 atom stereocenters. The molecule has 0 bridgehead atoms. The summed E-state index contributed by atoms with van der Waals surface area (Å²) in [7, 11) is 0. The molecular formula is C14H28N2. The second kappa shape index (κ2) is 6.02. The maximum absolute atomic E-state index is 3.67. The summed E-state index contributed by atoms with van der Waals surface area (Å²) < 4.78 is 0. The van der Waals surface area contributed by atoms with Gasteiger partial charge in [0.15, 0.2) is 0 Å². The van der Waals surface area contributed by atoms with Gasteiger partial charge in [0, 0.05) is 12.6 Å². The Labute approximate surface area is 101 Å². The largest absolute Gasteiger partial charge is 0.314 e. The molecular weight excluding hydrogens is 196 g/mol. The van der Waals surface area contributed by atoms with Crippen LogP contribution >= 0.6 is 0 Å². The van der Waals surface area contributed by atoms with Crippen molar-refractivity contribution in [2.24, 2.45) is 11.8 Å². The SMILES string of the molecule is CCNC1CCCC1CN1CCC(C)CC1. The molecule has 94 valence electrons. The van der Waals surface area contributed by atoms with E-state index in [1.54, 1.807) is 0 Å². The second-order valence-corrected chi connectivity index (χ2v) is 5.84. The molecule has 0 aromatic carbocycles. The van der Waals surface area contributed by atoms with Crippen LogP contribution in [-0.2, 0) is 0 Å². The van der Waals surface area contributed by atoms with Crippen LogP contribution in [0.4, 0.5) is 0 Å². The smallest absolute Gasteiger partial charge is 0.0107 e. The molecule has 1 N–H and O–H groups in total. The Kier molecular flexibility index (Phi) is 4.66. The van der Waals surface area contributed by atoms with Crippen molar-refractivity contribution < 1.29 is 0 Å². The van der Waals surface area contributed by atoms with E-state index in [1.165, 1.54) is 51.7 Å². The molecule has 0 spiro atoms. The van der Waals surface area contributed by atoms with E-state index >= 15 is 0 Å². The topological polar surface area (TPSA) is 15.3 Å². The first-order valence-corrected chi connectivity index (χ1v) is 7.25. The molecule has 2 aliphatic rings. The van der Waals surface area contributed by atoms with Crippen molar-refractivity contribution in [3.05, 3.63) is 0 Å². The normalized spacial score (nSPS) is 33.4. The van der Waals surface area contributed by atoms with Crippen molar-refractivity contribution in [2.75, 3.05) is 26.2 Å². The zero-order valence-electron chi connectivity index (χ0n) is 11.0. The minimum absolute atomic E-state index is 0.810. The Morgan fingerprint density at radius 2 is 1.88 bits per heavy atom. The monoisotopic (exact) mass is 224 g/mol. The van der Waals surface area contributed by atoms with E-state index in [0.29, 0.717) is 0 Å². The number of nitrogens with zero attached hydrogens (tertiary/aromatic N) is 1. The van der Waals surface area contributed by atoms with Gasteiger partial charge in [0.05, 0.1) is 0 Å². The third-order valence-corrected chi connectivity index (χ3v) is 4.49. The molecule has 2 heteroatoms. The third kappa shape index (κ3) is 3.21. The van der Waals surface area contributed by atoms with Crippen LogP contribution < -0.4 is 5.32 Å². The van der Waals surface area contributed by atoms with Gasteiger partial charge in [-0.3, -0.25) is 0 Å². The fourth-order valence-corrected chi connectivity index (χ4v) is 3.36. The molecule has 0 aromatic rings. The van der Waals surface area contributed by atoms with Crippen LogP contribution in [0.3, 0.4) is 0 Å². The zero-order chi connectivity index (χ0) is 11.4. The summed E-state index contributed by atoms with van der Waals surface area (Å²) in [6.45, 7) is 9.81. The molecule has 1 saturated heterocycles. The number of hydrogen-bond donors (Lipinski definition) is 1. The maximum atomic E-state index is 3.67. The molecule has 0 radical (unpaired) electrons. The molecule has 1 aliphatic heterocycles. The first-order chi connectivity index (χ1) is 7.79. The number of rotatable bonds is 4. The molecule has 0 aromatic heterocycles. The average molecular weight is 224 g/mol. The minimum atomic E-state index is 0.810. The highest BCUT2D eigenvalue weighted by atomic mass is 15.1. The standard InChI is InChI=1S/C14H28N2/c1-3-15-14-6-4-5-13(14)11-16-9-7-12(2)8-10-16/h12-15H,3-11H2,1-2H3. The molecule has 0 amide bonds.